The molecule has 0 aromatic carbocycles. The Bertz CT molecular complexity index is 345. The summed E-state index contributed by atoms with van der Waals surface area (Å²) >= 11 is 0. The van der Waals surface area contributed by atoms with E-state index in [4.69, 9.17) is 5.11 Å². The molecular weight excluding hydrogens is 242 g/mol. The van der Waals surface area contributed by atoms with Crippen LogP contribution in [0.2, 0.25) is 0 Å². The molecule has 0 saturated carbocycles. The number of hydrogen-bond acceptors (Lipinski definition) is 2. The van der Waals surface area contributed by atoms with Gasteiger partial charge in [0.05, 0.1) is 0 Å². The third kappa shape index (κ3) is 9.05. The summed E-state index contributed by atoms with van der Waals surface area (Å²) in [5.41, 5.74) is 0.297. The molecule has 2 N–H and O–H groups in total. The highest BCUT2D eigenvalue weighted by Crippen LogP contribution is 2.05. The number of carboxylic acids is 1. The molecule has 0 rings (SSSR count). The highest BCUT2D eigenvalue weighted by molar-refractivity contribution is 5.98. The maximum Gasteiger partial charge on any atom is 0.331 e. The highest BCUT2D eigenvalue weighted by atomic mass is 16.4. The summed E-state index contributed by atoms with van der Waals surface area (Å²) in [5, 5.41) is 11.4. The van der Waals surface area contributed by atoms with Crippen molar-refractivity contribution in [2.75, 3.05) is 6.54 Å². The van der Waals surface area contributed by atoms with E-state index < -0.39 is 5.97 Å². The van der Waals surface area contributed by atoms with Crippen LogP contribution in [0.1, 0.15) is 52.4 Å². The lowest BCUT2D eigenvalue weighted by atomic mass is 10.1. The third-order valence-corrected chi connectivity index (χ3v) is 2.84. The van der Waals surface area contributed by atoms with Crippen molar-refractivity contribution in [2.24, 2.45) is 0 Å². The minimum Gasteiger partial charge on any atom is -0.478 e. The van der Waals surface area contributed by atoms with Crippen LogP contribution in [0.25, 0.3) is 0 Å². The van der Waals surface area contributed by atoms with E-state index in [-0.39, 0.29) is 17.1 Å². The van der Waals surface area contributed by atoms with Crippen molar-refractivity contribution >= 4 is 11.9 Å². The number of amides is 1. The first-order valence-electron chi connectivity index (χ1n) is 6.87. The van der Waals surface area contributed by atoms with Crippen molar-refractivity contribution in [2.45, 2.75) is 52.4 Å². The van der Waals surface area contributed by atoms with Crippen LogP contribution in [-0.4, -0.2) is 23.5 Å². The average molecular weight is 267 g/mol. The zero-order valence-corrected chi connectivity index (χ0v) is 12.0. The Morgan fingerprint density at radius 1 is 1.16 bits per heavy atom. The van der Waals surface area contributed by atoms with Crippen LogP contribution in [-0.2, 0) is 9.59 Å². The molecule has 0 aliphatic rings. The molecule has 1 amide bonds. The van der Waals surface area contributed by atoms with Gasteiger partial charge in [-0.15, -0.1) is 0 Å². The fourth-order valence-electron chi connectivity index (χ4n) is 1.61. The van der Waals surface area contributed by atoms with Gasteiger partial charge in [-0.2, -0.15) is 0 Å². The van der Waals surface area contributed by atoms with Crippen molar-refractivity contribution in [1.82, 2.24) is 5.32 Å². The summed E-state index contributed by atoms with van der Waals surface area (Å²) in [6, 6.07) is 0. The third-order valence-electron chi connectivity index (χ3n) is 2.84. The first-order valence-corrected chi connectivity index (χ1v) is 6.87. The van der Waals surface area contributed by atoms with Crippen molar-refractivity contribution in [3.05, 3.63) is 23.8 Å². The number of carboxylic acid groups (broad SMARTS) is 1. The van der Waals surface area contributed by atoms with Gasteiger partial charge in [-0.05, 0) is 19.4 Å². The van der Waals surface area contributed by atoms with E-state index in [9.17, 15) is 9.59 Å². The zero-order valence-electron chi connectivity index (χ0n) is 12.0. The van der Waals surface area contributed by atoms with Crippen LogP contribution < -0.4 is 5.32 Å². The van der Waals surface area contributed by atoms with E-state index in [0.29, 0.717) is 6.54 Å². The summed E-state index contributed by atoms with van der Waals surface area (Å²) in [6.45, 7) is 7.80. The van der Waals surface area contributed by atoms with Gasteiger partial charge in [0.1, 0.15) is 0 Å². The fourth-order valence-corrected chi connectivity index (χ4v) is 1.61. The summed E-state index contributed by atoms with van der Waals surface area (Å²) < 4.78 is 0. The number of carbonyl (C=O) groups excluding carboxylic acids is 1. The topological polar surface area (TPSA) is 66.4 Å². The molecule has 0 aromatic rings. The Morgan fingerprint density at radius 2 is 1.74 bits per heavy atom. The first-order chi connectivity index (χ1) is 8.99. The summed E-state index contributed by atoms with van der Waals surface area (Å²) in [7, 11) is 0. The van der Waals surface area contributed by atoms with Crippen LogP contribution in [0.15, 0.2) is 23.8 Å². The average Bonchev–Trinajstić information content (AvgIpc) is 2.37. The van der Waals surface area contributed by atoms with E-state index in [2.05, 4.69) is 18.8 Å². The number of aliphatic carboxylic acids is 1. The van der Waals surface area contributed by atoms with Gasteiger partial charge in [-0.25, -0.2) is 4.79 Å². The quantitative estimate of drug-likeness (QED) is 0.363. The molecule has 0 bridgehead atoms. The van der Waals surface area contributed by atoms with Crippen molar-refractivity contribution in [3.8, 4) is 0 Å². The van der Waals surface area contributed by atoms with Crippen LogP contribution >= 0.6 is 0 Å². The monoisotopic (exact) mass is 267 g/mol. The van der Waals surface area contributed by atoms with Crippen molar-refractivity contribution < 1.29 is 14.7 Å². The molecule has 0 radical (unpaired) electrons. The smallest absolute Gasteiger partial charge is 0.331 e. The van der Waals surface area contributed by atoms with Crippen LogP contribution in [0.5, 0.6) is 0 Å². The Balaban J connectivity index is 3.78. The molecule has 4 heteroatoms. The molecule has 0 spiro atoms. The Kier molecular flexibility index (Phi) is 9.49. The van der Waals surface area contributed by atoms with Crippen molar-refractivity contribution in [3.63, 3.8) is 0 Å². The molecule has 0 unspecified atom stereocenters. The number of carbonyl (C=O) groups is 2. The molecule has 4 nitrogen and oxygen atoms in total. The predicted octanol–water partition coefficient (Wildman–Crippen LogP) is 3.05. The minimum atomic E-state index is -1.04. The summed E-state index contributed by atoms with van der Waals surface area (Å²) in [4.78, 5) is 22.2. The van der Waals surface area contributed by atoms with Gasteiger partial charge in [0.15, 0.2) is 0 Å². The van der Waals surface area contributed by atoms with Gasteiger partial charge in [0, 0.05) is 17.7 Å². The van der Waals surface area contributed by atoms with Crippen LogP contribution in [0, 0.1) is 0 Å². The van der Waals surface area contributed by atoms with Gasteiger partial charge in [0.2, 0.25) is 0 Å². The van der Waals surface area contributed by atoms with E-state index in [1.807, 2.05) is 0 Å². The number of unbranched alkanes of at least 4 members (excludes halogenated alkanes) is 5. The standard InChI is InChI=1S/C15H25NO3/c1-4-5-6-7-8-9-10-16-14(17)12(2)11-13(3)15(18)19/h11H,2,4-10H2,1,3H3,(H,16,17)(H,18,19)/b13-11+. The van der Waals surface area contributed by atoms with Crippen molar-refractivity contribution in [1.29, 1.82) is 0 Å². The van der Waals surface area contributed by atoms with Gasteiger partial charge in [-0.3, -0.25) is 4.79 Å². The van der Waals surface area contributed by atoms with Crippen LogP contribution in [0.4, 0.5) is 0 Å². The normalized spacial score (nSPS) is 11.2. The molecule has 0 aliphatic heterocycles. The van der Waals surface area contributed by atoms with E-state index in [1.54, 1.807) is 0 Å². The minimum absolute atomic E-state index is 0.111. The molecule has 0 aromatic heterocycles. The SMILES string of the molecule is C=C(/C=C(\C)C(=O)O)C(=O)NCCCCCCCC. The number of rotatable bonds is 10. The lowest BCUT2D eigenvalue weighted by Crippen LogP contribution is -2.25. The predicted molar refractivity (Wildman–Crippen MR) is 76.9 cm³/mol. The molecule has 108 valence electrons. The molecule has 0 aliphatic carbocycles. The van der Waals surface area contributed by atoms with E-state index >= 15 is 0 Å². The van der Waals surface area contributed by atoms with Gasteiger partial charge in [0.25, 0.3) is 5.91 Å². The molecule has 0 heterocycles. The zero-order chi connectivity index (χ0) is 14.7. The second-order valence-electron chi connectivity index (χ2n) is 4.68. The van der Waals surface area contributed by atoms with E-state index in [0.717, 1.165) is 12.8 Å². The van der Waals surface area contributed by atoms with Gasteiger partial charge >= 0.3 is 5.97 Å². The lowest BCUT2D eigenvalue weighted by molar-refractivity contribution is -0.132. The second-order valence-corrected chi connectivity index (χ2v) is 4.68. The molecule has 19 heavy (non-hydrogen) atoms. The lowest BCUT2D eigenvalue weighted by Gasteiger charge is -2.05. The summed E-state index contributed by atoms with van der Waals surface area (Å²) in [5.74, 6) is -1.33. The fraction of sp³-hybridized carbons (Fsp3) is 0.600. The largest absolute Gasteiger partial charge is 0.478 e. The molecule has 0 atom stereocenters. The number of nitrogens with one attached hydrogen (secondary N) is 1. The Hall–Kier alpha value is -1.58. The summed E-state index contributed by atoms with van der Waals surface area (Å²) in [6.07, 6.45) is 8.29. The molecule has 0 fully saturated rings. The Morgan fingerprint density at radius 3 is 2.32 bits per heavy atom. The molecular formula is C15H25NO3. The van der Waals surface area contributed by atoms with E-state index in [1.165, 1.54) is 38.7 Å². The van der Waals surface area contributed by atoms with Crippen LogP contribution in [0.3, 0.4) is 0 Å². The number of hydrogen-bond donors (Lipinski definition) is 2. The van der Waals surface area contributed by atoms with Gasteiger partial charge < -0.3 is 10.4 Å². The first kappa shape index (κ1) is 17.4. The molecule has 0 saturated heterocycles. The maximum absolute atomic E-state index is 11.6. The highest BCUT2D eigenvalue weighted by Gasteiger charge is 2.06. The van der Waals surface area contributed by atoms with Gasteiger partial charge in [-0.1, -0.05) is 45.6 Å². The Labute approximate surface area is 115 Å². The maximum atomic E-state index is 11.6. The second kappa shape index (κ2) is 10.4.